The van der Waals surface area contributed by atoms with E-state index in [0.717, 1.165) is 18.8 Å². The van der Waals surface area contributed by atoms with Crippen LogP contribution in [0.3, 0.4) is 0 Å². The molecule has 1 saturated heterocycles. The Kier molecular flexibility index (Phi) is 4.73. The van der Waals surface area contributed by atoms with Gasteiger partial charge in [-0.15, -0.1) is 5.10 Å². The van der Waals surface area contributed by atoms with E-state index in [9.17, 15) is 8.78 Å². The summed E-state index contributed by atoms with van der Waals surface area (Å²) in [7, 11) is 0. The smallest absolute Gasteiger partial charge is 0.272 e. The van der Waals surface area contributed by atoms with Crippen molar-refractivity contribution in [1.82, 2.24) is 19.0 Å². The Morgan fingerprint density at radius 1 is 1.31 bits per heavy atom. The van der Waals surface area contributed by atoms with Gasteiger partial charge in [-0.2, -0.15) is 9.36 Å². The van der Waals surface area contributed by atoms with E-state index in [1.54, 1.807) is 34.4 Å². The zero-order valence-electron chi connectivity index (χ0n) is 16.0. The molecule has 2 bridgehead atoms. The van der Waals surface area contributed by atoms with Gasteiger partial charge in [0, 0.05) is 25.3 Å². The molecule has 0 unspecified atom stereocenters. The highest BCUT2D eigenvalue weighted by molar-refractivity contribution is 7.10. The summed E-state index contributed by atoms with van der Waals surface area (Å²) in [4.78, 5) is 6.95. The number of ether oxygens (including phenoxy) is 1. The predicted molar refractivity (Wildman–Crippen MR) is 107 cm³/mol. The van der Waals surface area contributed by atoms with Crippen molar-refractivity contribution < 1.29 is 13.5 Å². The summed E-state index contributed by atoms with van der Waals surface area (Å²) in [6, 6.07) is 5.81. The number of hydrogen-bond acceptors (Lipinski definition) is 7. The fourth-order valence-electron chi connectivity index (χ4n) is 4.49. The first-order valence-corrected chi connectivity index (χ1v) is 10.6. The van der Waals surface area contributed by atoms with E-state index in [4.69, 9.17) is 4.74 Å². The first-order chi connectivity index (χ1) is 14.1. The van der Waals surface area contributed by atoms with Crippen molar-refractivity contribution in [3.05, 3.63) is 30.1 Å². The summed E-state index contributed by atoms with van der Waals surface area (Å²) in [6.07, 6.45) is 1.56. The minimum atomic E-state index is -2.53. The molecule has 154 valence electrons. The Hall–Kier alpha value is -2.49. The molecule has 1 N–H and O–H groups in total. The second kappa shape index (κ2) is 7.40. The maximum Gasteiger partial charge on any atom is 0.272 e. The number of nitrogens with zero attached hydrogens (tertiary/aromatic N) is 5. The second-order valence-electron chi connectivity index (χ2n) is 7.76. The second-order valence-corrected chi connectivity index (χ2v) is 8.54. The monoisotopic (exact) mass is 420 g/mol. The van der Waals surface area contributed by atoms with Crippen LogP contribution < -0.4 is 15.0 Å². The predicted octanol–water partition coefficient (Wildman–Crippen LogP) is 3.47. The van der Waals surface area contributed by atoms with Crippen molar-refractivity contribution in [1.29, 1.82) is 0 Å². The molecule has 4 heterocycles. The fraction of sp³-hybridized carbons (Fsp3) is 0.526. The van der Waals surface area contributed by atoms with Crippen molar-refractivity contribution in [3.8, 4) is 5.75 Å². The van der Waals surface area contributed by atoms with Crippen LogP contribution in [0.2, 0.25) is 0 Å². The molecule has 2 fully saturated rings. The zero-order valence-corrected chi connectivity index (χ0v) is 16.8. The number of aryl methyl sites for hydroxylation is 1. The van der Waals surface area contributed by atoms with Crippen LogP contribution >= 0.6 is 11.5 Å². The molecule has 29 heavy (non-hydrogen) atoms. The van der Waals surface area contributed by atoms with E-state index in [1.165, 1.54) is 17.8 Å². The Bertz CT molecular complexity index is 994. The van der Waals surface area contributed by atoms with Crippen molar-refractivity contribution in [3.63, 3.8) is 0 Å². The minimum absolute atomic E-state index is 0.308. The largest absolute Gasteiger partial charge is 0.484 e. The molecule has 5 rings (SSSR count). The van der Waals surface area contributed by atoms with Crippen LogP contribution in [0.25, 0.3) is 5.65 Å². The van der Waals surface area contributed by atoms with Gasteiger partial charge < -0.3 is 15.0 Å². The lowest BCUT2D eigenvalue weighted by atomic mass is 9.92. The number of alkyl halides is 2. The molecule has 7 nitrogen and oxygen atoms in total. The van der Waals surface area contributed by atoms with Crippen molar-refractivity contribution in [2.45, 2.75) is 32.2 Å². The summed E-state index contributed by atoms with van der Waals surface area (Å²) in [5.74, 6) is 1.85. The average Bonchev–Trinajstić information content (AvgIpc) is 3.36. The number of rotatable bonds is 6. The molecule has 0 aromatic carbocycles. The fourth-order valence-corrected chi connectivity index (χ4v) is 5.27. The summed E-state index contributed by atoms with van der Waals surface area (Å²) >= 11 is 1.56. The molecule has 3 atom stereocenters. The highest BCUT2D eigenvalue weighted by Crippen LogP contribution is 2.41. The van der Waals surface area contributed by atoms with E-state index < -0.39 is 13.0 Å². The van der Waals surface area contributed by atoms with Crippen LogP contribution in [0, 0.1) is 18.8 Å². The first-order valence-electron chi connectivity index (χ1n) is 9.78. The van der Waals surface area contributed by atoms with E-state index in [-0.39, 0.29) is 0 Å². The van der Waals surface area contributed by atoms with Crippen molar-refractivity contribution in [2.24, 2.45) is 11.8 Å². The number of anilines is 2. The molecule has 1 aliphatic heterocycles. The Labute approximate surface area is 170 Å². The van der Waals surface area contributed by atoms with Gasteiger partial charge in [0.15, 0.2) is 11.4 Å². The van der Waals surface area contributed by atoms with Crippen LogP contribution in [0.5, 0.6) is 5.75 Å². The summed E-state index contributed by atoms with van der Waals surface area (Å²) in [5, 5.41) is 9.23. The quantitative estimate of drug-likeness (QED) is 0.659. The number of piperidine rings is 1. The number of fused-ring (bicyclic) bond motifs is 3. The van der Waals surface area contributed by atoms with E-state index in [0.29, 0.717) is 35.2 Å². The van der Waals surface area contributed by atoms with Gasteiger partial charge in [-0.25, -0.2) is 13.3 Å². The summed E-state index contributed by atoms with van der Waals surface area (Å²) < 4.78 is 36.2. The Balaban J connectivity index is 1.32. The molecule has 3 aromatic rings. The van der Waals surface area contributed by atoms with Gasteiger partial charge in [-0.05, 0) is 61.3 Å². The number of pyridine rings is 1. The molecule has 10 heteroatoms. The lowest BCUT2D eigenvalue weighted by molar-refractivity contribution is 0.0824. The molecule has 0 amide bonds. The van der Waals surface area contributed by atoms with E-state index in [1.807, 2.05) is 6.92 Å². The molecule has 1 aliphatic carbocycles. The third-order valence-electron chi connectivity index (χ3n) is 5.75. The minimum Gasteiger partial charge on any atom is -0.484 e. The van der Waals surface area contributed by atoms with Gasteiger partial charge in [-0.1, -0.05) is 0 Å². The third kappa shape index (κ3) is 3.61. The molecule has 1 saturated carbocycles. The molecule has 0 radical (unpaired) electrons. The standard InChI is InChI=1S/C19H22F2N6OS/c1-11-7-16(29-25-11)26-8-12-4-5-13(9-26)17(12)22-19-23-18-14(28-10-15(20)21)3-2-6-27(18)24-19/h2-3,6-7,12-13,15,17H,4-5,8-10H2,1H3,(H,22,24)/t12-,13+,17-. The normalized spacial score (nSPS) is 23.9. The number of halogens is 2. The third-order valence-corrected chi connectivity index (χ3v) is 6.69. The van der Waals surface area contributed by atoms with Gasteiger partial charge in [0.25, 0.3) is 6.43 Å². The Morgan fingerprint density at radius 2 is 2.10 bits per heavy atom. The van der Waals surface area contributed by atoms with Crippen LogP contribution in [0.15, 0.2) is 24.4 Å². The maximum absolute atomic E-state index is 12.5. The van der Waals surface area contributed by atoms with Crippen LogP contribution in [-0.2, 0) is 0 Å². The highest BCUT2D eigenvalue weighted by Gasteiger charge is 2.43. The zero-order chi connectivity index (χ0) is 20.0. The first kappa shape index (κ1) is 18.5. The topological polar surface area (TPSA) is 67.6 Å². The Morgan fingerprint density at radius 3 is 2.79 bits per heavy atom. The number of aromatic nitrogens is 4. The molecule has 2 aliphatic rings. The van der Waals surface area contributed by atoms with Crippen LogP contribution in [0.4, 0.5) is 19.7 Å². The SMILES string of the molecule is Cc1cc(N2C[C@H]3CC[C@@H](C2)[C@@H]3Nc2nc3c(OCC(F)F)cccn3n2)sn1. The van der Waals surface area contributed by atoms with E-state index >= 15 is 0 Å². The molecular weight excluding hydrogens is 398 g/mol. The molecule has 3 aromatic heterocycles. The van der Waals surface area contributed by atoms with Gasteiger partial charge >= 0.3 is 0 Å². The van der Waals surface area contributed by atoms with Gasteiger partial charge in [0.2, 0.25) is 5.95 Å². The lowest BCUT2D eigenvalue weighted by Crippen LogP contribution is -2.48. The van der Waals surface area contributed by atoms with Crippen molar-refractivity contribution >= 4 is 28.1 Å². The maximum atomic E-state index is 12.5. The number of nitrogens with one attached hydrogen (secondary N) is 1. The lowest BCUT2D eigenvalue weighted by Gasteiger charge is -2.38. The van der Waals surface area contributed by atoms with Crippen LogP contribution in [-0.4, -0.2) is 51.1 Å². The van der Waals surface area contributed by atoms with Gasteiger partial charge in [-0.3, -0.25) is 0 Å². The van der Waals surface area contributed by atoms with Gasteiger partial charge in [0.1, 0.15) is 11.6 Å². The summed E-state index contributed by atoms with van der Waals surface area (Å²) in [5.41, 5.74) is 1.51. The molecular formula is C19H22F2N6OS. The number of hydrogen-bond donors (Lipinski definition) is 1. The summed E-state index contributed by atoms with van der Waals surface area (Å²) in [6.45, 7) is 3.35. The molecule has 0 spiro atoms. The van der Waals surface area contributed by atoms with Gasteiger partial charge in [0.05, 0.1) is 5.69 Å². The van der Waals surface area contributed by atoms with Crippen molar-refractivity contribution in [2.75, 3.05) is 29.9 Å². The van der Waals surface area contributed by atoms with E-state index in [2.05, 4.69) is 30.7 Å². The average molecular weight is 420 g/mol. The highest BCUT2D eigenvalue weighted by atomic mass is 32.1. The van der Waals surface area contributed by atoms with Crippen LogP contribution in [0.1, 0.15) is 18.5 Å².